The first-order valence-electron chi connectivity index (χ1n) is 6.06. The van der Waals surface area contributed by atoms with E-state index in [0.29, 0.717) is 6.54 Å². The van der Waals surface area contributed by atoms with Gasteiger partial charge in [0.25, 0.3) is 0 Å². The second kappa shape index (κ2) is 6.43. The molecule has 1 nitrogen and oxygen atoms in total. The van der Waals surface area contributed by atoms with Gasteiger partial charge in [-0.15, -0.1) is 0 Å². The van der Waals surface area contributed by atoms with E-state index in [0.717, 1.165) is 9.13 Å². The summed E-state index contributed by atoms with van der Waals surface area (Å²) in [5, 5.41) is 3.15. The van der Waals surface area contributed by atoms with Crippen LogP contribution in [0.5, 0.6) is 0 Å². The summed E-state index contributed by atoms with van der Waals surface area (Å²) in [5.74, 6) is -1.05. The van der Waals surface area contributed by atoms with Crippen LogP contribution in [-0.4, -0.2) is 6.54 Å². The van der Waals surface area contributed by atoms with Gasteiger partial charge < -0.3 is 5.32 Å². The van der Waals surface area contributed by atoms with Gasteiger partial charge in [-0.25, -0.2) is 8.78 Å². The Morgan fingerprint density at radius 1 is 1.05 bits per heavy atom. The Morgan fingerprint density at radius 3 is 2.26 bits per heavy atom. The van der Waals surface area contributed by atoms with Crippen LogP contribution in [0.15, 0.2) is 42.5 Å². The molecule has 4 heteroatoms. The highest BCUT2D eigenvalue weighted by Crippen LogP contribution is 2.29. The molecule has 0 fully saturated rings. The third-order valence-corrected chi connectivity index (χ3v) is 3.90. The van der Waals surface area contributed by atoms with Gasteiger partial charge in [-0.05, 0) is 52.9 Å². The summed E-state index contributed by atoms with van der Waals surface area (Å²) in [6, 6.07) is 11.1. The van der Waals surface area contributed by atoms with Crippen LogP contribution in [0.1, 0.15) is 24.1 Å². The number of halogens is 3. The number of nitrogens with one attached hydrogen (secondary N) is 1. The Balaban J connectivity index is 2.55. The zero-order valence-corrected chi connectivity index (χ0v) is 12.6. The van der Waals surface area contributed by atoms with Crippen LogP contribution >= 0.6 is 22.6 Å². The molecule has 2 aromatic carbocycles. The minimum Gasteiger partial charge on any atom is -0.306 e. The minimum atomic E-state index is -0.523. The van der Waals surface area contributed by atoms with E-state index >= 15 is 0 Å². The van der Waals surface area contributed by atoms with E-state index in [1.165, 1.54) is 18.2 Å². The molecule has 2 rings (SSSR count). The Bertz CT molecular complexity index is 552. The SMILES string of the molecule is CCNC(c1ccccc1I)c1c(F)cccc1F. The molecule has 2 aromatic rings. The first kappa shape index (κ1) is 14.4. The number of hydrogen-bond donors (Lipinski definition) is 1. The normalized spacial score (nSPS) is 12.4. The lowest BCUT2D eigenvalue weighted by Gasteiger charge is -2.21. The Hall–Kier alpha value is -1.01. The maximum Gasteiger partial charge on any atom is 0.131 e. The van der Waals surface area contributed by atoms with E-state index in [9.17, 15) is 8.78 Å². The molecule has 0 radical (unpaired) electrons. The predicted molar refractivity (Wildman–Crippen MR) is 81.0 cm³/mol. The highest BCUT2D eigenvalue weighted by molar-refractivity contribution is 14.1. The van der Waals surface area contributed by atoms with Gasteiger partial charge in [-0.2, -0.15) is 0 Å². The summed E-state index contributed by atoms with van der Waals surface area (Å²) in [7, 11) is 0. The Kier molecular flexibility index (Phi) is 4.87. The molecule has 0 amide bonds. The van der Waals surface area contributed by atoms with Crippen LogP contribution in [0.25, 0.3) is 0 Å². The second-order valence-electron chi connectivity index (χ2n) is 4.15. The van der Waals surface area contributed by atoms with Crippen molar-refractivity contribution >= 4 is 22.6 Å². The van der Waals surface area contributed by atoms with Gasteiger partial charge in [0.15, 0.2) is 0 Å². The summed E-state index contributed by atoms with van der Waals surface area (Å²) in [6.07, 6.45) is 0. The van der Waals surface area contributed by atoms with Gasteiger partial charge in [0.1, 0.15) is 11.6 Å². The highest BCUT2D eigenvalue weighted by atomic mass is 127. The summed E-state index contributed by atoms with van der Waals surface area (Å²) in [6.45, 7) is 2.55. The molecule has 0 aliphatic rings. The quantitative estimate of drug-likeness (QED) is 0.790. The Labute approximate surface area is 125 Å². The zero-order valence-electron chi connectivity index (χ0n) is 10.5. The predicted octanol–water partition coefficient (Wildman–Crippen LogP) is 4.27. The van der Waals surface area contributed by atoms with Crippen LogP contribution in [-0.2, 0) is 0 Å². The lowest BCUT2D eigenvalue weighted by atomic mass is 9.97. The van der Waals surface area contributed by atoms with E-state index in [4.69, 9.17) is 0 Å². The van der Waals surface area contributed by atoms with Crippen molar-refractivity contribution in [2.75, 3.05) is 6.54 Å². The summed E-state index contributed by atoms with van der Waals surface area (Å²) in [4.78, 5) is 0. The largest absolute Gasteiger partial charge is 0.306 e. The third-order valence-electron chi connectivity index (χ3n) is 2.91. The summed E-state index contributed by atoms with van der Waals surface area (Å²) in [5.41, 5.74) is 0.961. The van der Waals surface area contributed by atoms with Crippen molar-refractivity contribution in [3.8, 4) is 0 Å². The topological polar surface area (TPSA) is 12.0 Å². The van der Waals surface area contributed by atoms with E-state index in [2.05, 4.69) is 27.9 Å². The standard InChI is InChI=1S/C15H14F2IN/c1-2-19-15(10-6-3-4-9-13(10)18)14-11(16)7-5-8-12(14)17/h3-9,15,19H,2H2,1H3. The van der Waals surface area contributed by atoms with Crippen molar-refractivity contribution in [2.24, 2.45) is 0 Å². The van der Waals surface area contributed by atoms with Gasteiger partial charge in [0.2, 0.25) is 0 Å². The third kappa shape index (κ3) is 3.12. The molecule has 0 bridgehead atoms. The van der Waals surface area contributed by atoms with Crippen molar-refractivity contribution in [3.05, 3.63) is 68.8 Å². The molecular formula is C15H14F2IN. The molecule has 0 aliphatic carbocycles. The number of rotatable bonds is 4. The molecule has 1 unspecified atom stereocenters. The monoisotopic (exact) mass is 373 g/mol. The van der Waals surface area contributed by atoms with Crippen LogP contribution in [0.4, 0.5) is 8.78 Å². The molecular weight excluding hydrogens is 359 g/mol. The number of hydrogen-bond acceptors (Lipinski definition) is 1. The summed E-state index contributed by atoms with van der Waals surface area (Å²) < 4.78 is 28.9. The smallest absolute Gasteiger partial charge is 0.131 e. The maximum absolute atomic E-state index is 14.0. The molecule has 1 atom stereocenters. The molecule has 100 valence electrons. The van der Waals surface area contributed by atoms with Gasteiger partial charge in [-0.1, -0.05) is 31.2 Å². The average molecular weight is 373 g/mol. The van der Waals surface area contributed by atoms with Crippen LogP contribution in [0.3, 0.4) is 0 Å². The lowest BCUT2D eigenvalue weighted by molar-refractivity contribution is 0.509. The molecule has 0 spiro atoms. The molecule has 0 aliphatic heterocycles. The van der Waals surface area contributed by atoms with Crippen molar-refractivity contribution in [2.45, 2.75) is 13.0 Å². The van der Waals surface area contributed by atoms with Crippen molar-refractivity contribution in [3.63, 3.8) is 0 Å². The van der Waals surface area contributed by atoms with Crippen molar-refractivity contribution in [1.29, 1.82) is 0 Å². The fourth-order valence-electron chi connectivity index (χ4n) is 2.07. The fraction of sp³-hybridized carbons (Fsp3) is 0.200. The van der Waals surface area contributed by atoms with Crippen LogP contribution < -0.4 is 5.32 Å². The molecule has 1 N–H and O–H groups in total. The molecule has 0 heterocycles. The number of benzene rings is 2. The van der Waals surface area contributed by atoms with E-state index in [-0.39, 0.29) is 5.56 Å². The zero-order chi connectivity index (χ0) is 13.8. The van der Waals surface area contributed by atoms with Crippen LogP contribution in [0.2, 0.25) is 0 Å². The average Bonchev–Trinajstić information content (AvgIpc) is 2.38. The van der Waals surface area contributed by atoms with Gasteiger partial charge >= 0.3 is 0 Å². The molecule has 0 saturated heterocycles. The van der Waals surface area contributed by atoms with E-state index in [1.54, 1.807) is 0 Å². The van der Waals surface area contributed by atoms with E-state index < -0.39 is 17.7 Å². The van der Waals surface area contributed by atoms with Gasteiger partial charge in [-0.3, -0.25) is 0 Å². The van der Waals surface area contributed by atoms with Gasteiger partial charge in [0, 0.05) is 9.13 Å². The van der Waals surface area contributed by atoms with Crippen molar-refractivity contribution < 1.29 is 8.78 Å². The first-order chi connectivity index (χ1) is 9.15. The first-order valence-corrected chi connectivity index (χ1v) is 7.14. The van der Waals surface area contributed by atoms with Crippen LogP contribution in [0, 0.1) is 15.2 Å². The summed E-state index contributed by atoms with van der Waals surface area (Å²) >= 11 is 2.18. The maximum atomic E-state index is 14.0. The molecule has 0 saturated carbocycles. The van der Waals surface area contributed by atoms with Crippen molar-refractivity contribution in [1.82, 2.24) is 5.32 Å². The molecule has 0 aromatic heterocycles. The highest BCUT2D eigenvalue weighted by Gasteiger charge is 2.22. The molecule has 19 heavy (non-hydrogen) atoms. The fourth-order valence-corrected chi connectivity index (χ4v) is 2.77. The van der Waals surface area contributed by atoms with Gasteiger partial charge in [0.05, 0.1) is 6.04 Å². The lowest BCUT2D eigenvalue weighted by Crippen LogP contribution is -2.25. The minimum absolute atomic E-state index is 0.0773. The second-order valence-corrected chi connectivity index (χ2v) is 5.31. The van der Waals surface area contributed by atoms with E-state index in [1.807, 2.05) is 31.2 Å². The Morgan fingerprint density at radius 2 is 1.68 bits per heavy atom.